The molecule has 3 aromatic rings. The van der Waals surface area contributed by atoms with Crippen LogP contribution in [0.3, 0.4) is 0 Å². The molecule has 12 heteroatoms. The lowest BCUT2D eigenvalue weighted by Gasteiger charge is -2.05. The highest BCUT2D eigenvalue weighted by atomic mass is 19.2. The second kappa shape index (κ2) is 10.9. The van der Waals surface area contributed by atoms with Gasteiger partial charge in [0, 0.05) is 0 Å². The van der Waals surface area contributed by atoms with Gasteiger partial charge in [0.2, 0.25) is 5.70 Å². The summed E-state index contributed by atoms with van der Waals surface area (Å²) in [6.07, 6.45) is 0. The van der Waals surface area contributed by atoms with E-state index in [1.807, 2.05) is 0 Å². The lowest BCUT2D eigenvalue weighted by molar-refractivity contribution is 0.575. The highest BCUT2D eigenvalue weighted by Crippen LogP contribution is 2.57. The minimum absolute atomic E-state index is 1.02. The molecule has 1 aliphatic carbocycles. The van der Waals surface area contributed by atoms with E-state index in [0.717, 1.165) is 0 Å². The molecule has 0 aromatic heterocycles. The predicted molar refractivity (Wildman–Crippen MR) is 133 cm³/mol. The zero-order chi connectivity index (χ0) is 36.1. The van der Waals surface area contributed by atoms with E-state index in [0.29, 0.717) is 0 Å². The van der Waals surface area contributed by atoms with Crippen molar-refractivity contribution in [2.75, 3.05) is 0 Å². The van der Waals surface area contributed by atoms with Crippen molar-refractivity contribution in [1.29, 1.82) is 21.0 Å². The average Bonchev–Trinajstić information content (AvgIpc) is 3.78. The van der Waals surface area contributed by atoms with E-state index in [9.17, 15) is 10.5 Å². The van der Waals surface area contributed by atoms with E-state index in [-0.39, 0.29) is 0 Å². The molecule has 0 N–H and O–H groups in total. The van der Waals surface area contributed by atoms with Crippen molar-refractivity contribution in [2.45, 2.75) is 0 Å². The van der Waals surface area contributed by atoms with Crippen molar-refractivity contribution in [3.8, 4) is 24.3 Å². The van der Waals surface area contributed by atoms with Crippen LogP contribution in [-0.4, -0.2) is 0 Å². The molecule has 0 radical (unpaired) electrons. The number of hydrogen-bond acceptors (Lipinski definition) is 4. The molecule has 4 rings (SSSR count). The fourth-order valence-electron chi connectivity index (χ4n) is 3.85. The zero-order valence-electron chi connectivity index (χ0n) is 26.0. The molecule has 0 amide bonds. The molecule has 0 atom stereocenters. The normalized spacial score (nSPS) is 17.1. The van der Waals surface area contributed by atoms with Crippen LogP contribution in [0.1, 0.15) is 36.0 Å². The molecule has 0 unspecified atom stereocenters. The van der Waals surface area contributed by atoms with Gasteiger partial charge in [0.15, 0.2) is 5.69 Å². The third kappa shape index (κ3) is 4.59. The molecule has 3 aromatic carbocycles. The van der Waals surface area contributed by atoms with Crippen molar-refractivity contribution < 1.29 is 34.6 Å². The fraction of sp³-hybridized carbons (Fsp3) is 0. The molecule has 42 heavy (non-hydrogen) atoms. The monoisotopic (exact) mass is 570 g/mol. The Morgan fingerprint density at radius 3 is 1.26 bits per heavy atom. The number of rotatable bonds is 3. The summed E-state index contributed by atoms with van der Waals surface area (Å²) in [5, 5.41) is 38.4. The number of hydrogen-bond donors (Lipinski definition) is 0. The Balaban J connectivity index is 2.38. The van der Waals surface area contributed by atoms with E-state index < -0.39 is 138 Å². The molecule has 0 aliphatic heterocycles. The molecular formula is C30H6F6N6. The Bertz CT molecular complexity index is 2080. The maximum atomic E-state index is 15.4. The second-order valence-corrected chi connectivity index (χ2v) is 7.75. The molecule has 6 nitrogen and oxygen atoms in total. The predicted octanol–water partition coefficient (Wildman–Crippen LogP) is 7.41. The van der Waals surface area contributed by atoms with Gasteiger partial charge >= 0.3 is 0 Å². The summed E-state index contributed by atoms with van der Waals surface area (Å²) in [7, 11) is 0. The van der Waals surface area contributed by atoms with Gasteiger partial charge in [-0.15, -0.1) is 0 Å². The largest absolute Gasteiger partial charge is 0.238 e. The van der Waals surface area contributed by atoms with Crippen LogP contribution in [0.25, 0.3) is 26.5 Å². The number of benzene rings is 3. The van der Waals surface area contributed by atoms with Gasteiger partial charge in [0.1, 0.15) is 47.0 Å². The first-order valence-corrected chi connectivity index (χ1v) is 10.7. The van der Waals surface area contributed by atoms with Crippen LogP contribution in [0.15, 0.2) is 53.0 Å². The highest BCUT2D eigenvalue weighted by Gasteiger charge is 2.43. The Morgan fingerprint density at radius 1 is 0.595 bits per heavy atom. The van der Waals surface area contributed by atoms with E-state index >= 15 is 26.3 Å². The van der Waals surface area contributed by atoms with Crippen LogP contribution in [-0.2, 0) is 0 Å². The van der Waals surface area contributed by atoms with Crippen LogP contribution in [0.5, 0.6) is 0 Å². The van der Waals surface area contributed by atoms with Crippen molar-refractivity contribution in [3.63, 3.8) is 0 Å². The van der Waals surface area contributed by atoms with Gasteiger partial charge in [0.05, 0.1) is 72.5 Å². The van der Waals surface area contributed by atoms with Gasteiger partial charge in [-0.3, -0.25) is 0 Å². The van der Waals surface area contributed by atoms with E-state index in [1.54, 1.807) is 0 Å². The van der Waals surface area contributed by atoms with Crippen molar-refractivity contribution in [1.82, 2.24) is 0 Å². The second-order valence-electron chi connectivity index (χ2n) is 7.75. The standard InChI is InChI=1S/C30H6F6N6/c1-41-15-7-22(35)25(23(36)8-15)17(12-40)27-26(16(11-39)24-18(31)3-13(9-37)4-19(24)32)29(27)30(42-2)28-20(33)5-14(10-38)6-21(28)34/h3-8H/b26-16+,27-17-,30-29-/i3D,4D,5D,6D,7D,8D. The maximum absolute atomic E-state index is 15.4. The topological polar surface area (TPSA) is 104 Å². The summed E-state index contributed by atoms with van der Waals surface area (Å²) in [5.41, 5.74) is -15.0. The van der Waals surface area contributed by atoms with Crippen LogP contribution in [0.2, 0.25) is 0 Å². The molecule has 1 aliphatic rings. The number of halogens is 6. The summed E-state index contributed by atoms with van der Waals surface area (Å²) in [6.45, 7) is 14.7. The van der Waals surface area contributed by atoms with Crippen LogP contribution < -0.4 is 0 Å². The number of nitrogens with zero attached hydrogens (tertiary/aromatic N) is 6. The lowest BCUT2D eigenvalue weighted by atomic mass is 10.0. The lowest BCUT2D eigenvalue weighted by Crippen LogP contribution is -1.97. The molecule has 1 fully saturated rings. The van der Waals surface area contributed by atoms with E-state index in [2.05, 4.69) is 9.69 Å². The van der Waals surface area contributed by atoms with Gasteiger partial charge in [-0.25, -0.2) is 36.0 Å². The molecule has 0 spiro atoms. The minimum atomic E-state index is -1.95. The SMILES string of the molecule is [2H]c1c(F)c(/C(C#N)=C2/C(=C(/[N+]#[C-])c3c(F)c([2H])c(C#N)c([2H])c3F)/C2=C(/C#N)c2c(F)c([2H])c([N+]#[C-])c([2H])c2F)c(F)c([2H])c1C#N. The smallest absolute Gasteiger partial charge is 0.208 e. The number of allylic oxidation sites excluding steroid dienone is 5. The van der Waals surface area contributed by atoms with E-state index in [1.165, 1.54) is 24.3 Å². The first-order chi connectivity index (χ1) is 22.6. The Hall–Kier alpha value is -6.60. The Morgan fingerprint density at radius 2 is 0.952 bits per heavy atom. The average molecular weight is 570 g/mol. The first kappa shape index (κ1) is 21.2. The van der Waals surface area contributed by atoms with Crippen LogP contribution in [0.4, 0.5) is 32.0 Å². The molecule has 0 heterocycles. The fourth-order valence-corrected chi connectivity index (χ4v) is 3.85. The highest BCUT2D eigenvalue weighted by molar-refractivity contribution is 6.11. The van der Waals surface area contributed by atoms with E-state index in [4.69, 9.17) is 31.9 Å². The summed E-state index contributed by atoms with van der Waals surface area (Å²) in [6, 6.07) is -3.40. The van der Waals surface area contributed by atoms with Crippen LogP contribution >= 0.6 is 0 Å². The summed E-state index contributed by atoms with van der Waals surface area (Å²) < 4.78 is 139. The van der Waals surface area contributed by atoms with Gasteiger partial charge < -0.3 is 0 Å². The van der Waals surface area contributed by atoms with Gasteiger partial charge in [-0.05, 0) is 53.0 Å². The maximum Gasteiger partial charge on any atom is 0.208 e. The summed E-state index contributed by atoms with van der Waals surface area (Å²) in [5.74, 6) is -11.7. The molecule has 0 saturated heterocycles. The molecule has 1 saturated carbocycles. The molecule has 0 bridgehead atoms. The van der Waals surface area contributed by atoms with Crippen molar-refractivity contribution in [3.05, 3.63) is 139 Å². The zero-order valence-corrected chi connectivity index (χ0v) is 20.0. The number of nitriles is 4. The Labute approximate surface area is 241 Å². The molecule has 198 valence electrons. The minimum Gasteiger partial charge on any atom is -0.238 e. The third-order valence-electron chi connectivity index (χ3n) is 5.54. The van der Waals surface area contributed by atoms with Gasteiger partial charge in [-0.2, -0.15) is 21.0 Å². The quantitative estimate of drug-likeness (QED) is 0.186. The van der Waals surface area contributed by atoms with Crippen molar-refractivity contribution in [2.24, 2.45) is 0 Å². The van der Waals surface area contributed by atoms with Crippen molar-refractivity contribution >= 4 is 22.5 Å². The Kier molecular flexibility index (Phi) is 5.50. The summed E-state index contributed by atoms with van der Waals surface area (Å²) in [4.78, 5) is 5.60. The first-order valence-electron chi connectivity index (χ1n) is 13.7. The molecular weight excluding hydrogens is 558 g/mol. The van der Waals surface area contributed by atoms with Gasteiger partial charge in [0.25, 0.3) is 0 Å². The van der Waals surface area contributed by atoms with Crippen LogP contribution in [0, 0.1) is 93.4 Å². The van der Waals surface area contributed by atoms with Gasteiger partial charge in [-0.1, -0.05) is 0 Å². The summed E-state index contributed by atoms with van der Waals surface area (Å²) >= 11 is 0. The third-order valence-corrected chi connectivity index (χ3v) is 5.54.